The number of anilines is 5. The Labute approximate surface area is 164 Å². The van der Waals surface area contributed by atoms with Crippen LogP contribution < -0.4 is 20.3 Å². The molecule has 0 unspecified atom stereocenters. The quantitative estimate of drug-likeness (QED) is 0.665. The highest BCUT2D eigenvalue weighted by Crippen LogP contribution is 2.23. The molecule has 0 aliphatic carbocycles. The van der Waals surface area contributed by atoms with Crippen LogP contribution in [0.3, 0.4) is 0 Å². The van der Waals surface area contributed by atoms with Crippen LogP contribution in [0.4, 0.5) is 29.2 Å². The number of benzene rings is 2. The first kappa shape index (κ1) is 18.0. The second-order valence-corrected chi connectivity index (χ2v) is 6.82. The van der Waals surface area contributed by atoms with Gasteiger partial charge in [-0.15, -0.1) is 0 Å². The topological polar surface area (TPSA) is 75.2 Å². The number of hydrogen-bond donors (Lipinski definition) is 2. The Kier molecular flexibility index (Phi) is 5.23. The lowest BCUT2D eigenvalue weighted by atomic mass is 10.2. The fourth-order valence-electron chi connectivity index (χ4n) is 3.10. The summed E-state index contributed by atoms with van der Waals surface area (Å²) in [5.41, 5.74) is 3.04. The first-order valence-corrected chi connectivity index (χ1v) is 9.45. The Morgan fingerprint density at radius 2 is 1.32 bits per heavy atom. The van der Waals surface area contributed by atoms with Gasteiger partial charge in [-0.2, -0.15) is 15.0 Å². The van der Waals surface area contributed by atoms with Gasteiger partial charge in [0.1, 0.15) is 5.75 Å². The molecule has 1 aromatic heterocycles. The molecule has 7 nitrogen and oxygen atoms in total. The molecule has 2 N–H and O–H groups in total. The minimum atomic E-state index is 0.511. The van der Waals surface area contributed by atoms with E-state index in [1.165, 1.54) is 5.56 Å². The SMILES string of the molecule is COc1ccc(Nc2nc(Nc3ccc(C)cc3)nc(N3CCCC3)n2)cc1. The third kappa shape index (κ3) is 4.31. The number of nitrogens with zero attached hydrogens (tertiary/aromatic N) is 4. The van der Waals surface area contributed by atoms with E-state index < -0.39 is 0 Å². The minimum absolute atomic E-state index is 0.511. The summed E-state index contributed by atoms with van der Waals surface area (Å²) < 4.78 is 5.21. The average Bonchev–Trinajstić information content (AvgIpc) is 3.25. The van der Waals surface area contributed by atoms with E-state index in [0.717, 1.165) is 43.1 Å². The summed E-state index contributed by atoms with van der Waals surface area (Å²) in [5.74, 6) is 2.53. The van der Waals surface area contributed by atoms with Crippen LogP contribution in [0, 0.1) is 6.92 Å². The molecule has 2 heterocycles. The van der Waals surface area contributed by atoms with Crippen molar-refractivity contribution in [3.8, 4) is 5.75 Å². The Hall–Kier alpha value is -3.35. The van der Waals surface area contributed by atoms with Crippen molar-refractivity contribution in [3.05, 3.63) is 54.1 Å². The second-order valence-electron chi connectivity index (χ2n) is 6.82. The van der Waals surface area contributed by atoms with Crippen LogP contribution in [0.1, 0.15) is 18.4 Å². The van der Waals surface area contributed by atoms with E-state index >= 15 is 0 Å². The molecule has 1 aliphatic rings. The van der Waals surface area contributed by atoms with Gasteiger partial charge in [0.2, 0.25) is 17.8 Å². The molecule has 1 fully saturated rings. The molecule has 0 atom stereocenters. The van der Waals surface area contributed by atoms with Crippen molar-refractivity contribution in [3.63, 3.8) is 0 Å². The van der Waals surface area contributed by atoms with E-state index in [2.05, 4.69) is 49.5 Å². The van der Waals surface area contributed by atoms with Gasteiger partial charge in [0, 0.05) is 24.5 Å². The summed E-state index contributed by atoms with van der Waals surface area (Å²) in [4.78, 5) is 16.0. The predicted molar refractivity (Wildman–Crippen MR) is 112 cm³/mol. The van der Waals surface area contributed by atoms with E-state index in [1.807, 2.05) is 36.4 Å². The lowest BCUT2D eigenvalue weighted by Crippen LogP contribution is -2.21. The predicted octanol–water partition coefficient (Wildman–Crippen LogP) is 4.28. The lowest BCUT2D eigenvalue weighted by molar-refractivity contribution is 0.415. The van der Waals surface area contributed by atoms with Crippen LogP contribution >= 0.6 is 0 Å². The van der Waals surface area contributed by atoms with Gasteiger partial charge in [-0.05, 0) is 56.2 Å². The maximum Gasteiger partial charge on any atom is 0.233 e. The molecule has 0 spiro atoms. The zero-order valence-corrected chi connectivity index (χ0v) is 16.1. The van der Waals surface area contributed by atoms with Crippen molar-refractivity contribution in [2.24, 2.45) is 0 Å². The number of aryl methyl sites for hydroxylation is 1. The Morgan fingerprint density at radius 1 is 0.786 bits per heavy atom. The summed E-state index contributed by atoms with van der Waals surface area (Å²) in [6.07, 6.45) is 2.32. The van der Waals surface area contributed by atoms with Crippen LogP contribution in [-0.4, -0.2) is 35.2 Å². The van der Waals surface area contributed by atoms with E-state index in [1.54, 1.807) is 7.11 Å². The van der Waals surface area contributed by atoms with Crippen LogP contribution in [0.15, 0.2) is 48.5 Å². The standard InChI is InChI=1S/C21H24N6O/c1-15-5-7-16(8-6-15)22-19-24-20(23-17-9-11-18(28-2)12-10-17)26-21(25-19)27-13-3-4-14-27/h5-12H,3-4,13-14H2,1-2H3,(H2,22,23,24,25,26). The molecule has 1 saturated heterocycles. The Balaban J connectivity index is 1.61. The molecule has 2 aromatic carbocycles. The summed E-state index contributed by atoms with van der Waals surface area (Å²) in [6.45, 7) is 4.00. The summed E-state index contributed by atoms with van der Waals surface area (Å²) in [5, 5.41) is 6.56. The fraction of sp³-hybridized carbons (Fsp3) is 0.286. The van der Waals surface area contributed by atoms with Gasteiger partial charge < -0.3 is 20.3 Å². The fourth-order valence-corrected chi connectivity index (χ4v) is 3.10. The smallest absolute Gasteiger partial charge is 0.233 e. The highest BCUT2D eigenvalue weighted by atomic mass is 16.5. The molecule has 1 aliphatic heterocycles. The van der Waals surface area contributed by atoms with Crippen molar-refractivity contribution in [1.29, 1.82) is 0 Å². The van der Waals surface area contributed by atoms with Gasteiger partial charge in [0.05, 0.1) is 7.11 Å². The number of rotatable bonds is 6. The molecule has 0 saturated carbocycles. The van der Waals surface area contributed by atoms with Crippen molar-refractivity contribution < 1.29 is 4.74 Å². The van der Waals surface area contributed by atoms with Crippen molar-refractivity contribution in [2.45, 2.75) is 19.8 Å². The minimum Gasteiger partial charge on any atom is -0.497 e. The van der Waals surface area contributed by atoms with Crippen LogP contribution in [0.5, 0.6) is 5.75 Å². The summed E-state index contributed by atoms with van der Waals surface area (Å²) >= 11 is 0. The van der Waals surface area contributed by atoms with Crippen LogP contribution in [0.25, 0.3) is 0 Å². The van der Waals surface area contributed by atoms with E-state index in [-0.39, 0.29) is 0 Å². The Morgan fingerprint density at radius 3 is 1.86 bits per heavy atom. The van der Waals surface area contributed by atoms with Crippen LogP contribution in [-0.2, 0) is 0 Å². The molecular formula is C21H24N6O. The normalized spacial score (nSPS) is 13.4. The number of aromatic nitrogens is 3. The van der Waals surface area contributed by atoms with Crippen molar-refractivity contribution >= 4 is 29.2 Å². The molecule has 28 heavy (non-hydrogen) atoms. The highest BCUT2D eigenvalue weighted by Gasteiger charge is 2.17. The third-order valence-corrected chi connectivity index (χ3v) is 4.67. The van der Waals surface area contributed by atoms with E-state index in [0.29, 0.717) is 17.8 Å². The first-order chi connectivity index (χ1) is 13.7. The molecule has 4 rings (SSSR count). The molecule has 7 heteroatoms. The van der Waals surface area contributed by atoms with Gasteiger partial charge in [0.15, 0.2) is 0 Å². The molecule has 0 radical (unpaired) electrons. The summed E-state index contributed by atoms with van der Waals surface area (Å²) in [6, 6.07) is 15.8. The largest absolute Gasteiger partial charge is 0.497 e. The van der Waals surface area contributed by atoms with Crippen molar-refractivity contribution in [2.75, 3.05) is 35.7 Å². The molecule has 144 valence electrons. The number of nitrogens with one attached hydrogen (secondary N) is 2. The second kappa shape index (κ2) is 8.12. The number of hydrogen-bond acceptors (Lipinski definition) is 7. The van der Waals surface area contributed by atoms with Gasteiger partial charge in [-0.25, -0.2) is 0 Å². The van der Waals surface area contributed by atoms with Gasteiger partial charge >= 0.3 is 0 Å². The zero-order chi connectivity index (χ0) is 19.3. The van der Waals surface area contributed by atoms with Gasteiger partial charge in [0.25, 0.3) is 0 Å². The maximum absolute atomic E-state index is 5.21. The zero-order valence-electron chi connectivity index (χ0n) is 16.1. The lowest BCUT2D eigenvalue weighted by Gasteiger charge is -2.17. The van der Waals surface area contributed by atoms with Crippen molar-refractivity contribution in [1.82, 2.24) is 15.0 Å². The number of methoxy groups -OCH3 is 1. The van der Waals surface area contributed by atoms with Gasteiger partial charge in [-0.1, -0.05) is 17.7 Å². The van der Waals surface area contributed by atoms with E-state index in [9.17, 15) is 0 Å². The number of ether oxygens (including phenoxy) is 1. The average molecular weight is 376 g/mol. The molecular weight excluding hydrogens is 352 g/mol. The summed E-state index contributed by atoms with van der Waals surface area (Å²) in [7, 11) is 1.65. The van der Waals surface area contributed by atoms with Gasteiger partial charge in [-0.3, -0.25) is 0 Å². The molecule has 0 amide bonds. The van der Waals surface area contributed by atoms with Crippen LogP contribution in [0.2, 0.25) is 0 Å². The first-order valence-electron chi connectivity index (χ1n) is 9.45. The molecule has 3 aromatic rings. The monoisotopic (exact) mass is 376 g/mol. The highest BCUT2D eigenvalue weighted by molar-refractivity contribution is 5.60. The van der Waals surface area contributed by atoms with E-state index in [4.69, 9.17) is 4.74 Å². The molecule has 0 bridgehead atoms. The third-order valence-electron chi connectivity index (χ3n) is 4.67. The maximum atomic E-state index is 5.21. The Bertz CT molecular complexity index is 921.